The third-order valence-corrected chi connectivity index (χ3v) is 4.42. The molecule has 24 heavy (non-hydrogen) atoms. The fourth-order valence-electron chi connectivity index (χ4n) is 2.22. The molecular weight excluding hydrogens is 328 g/mol. The Kier molecular flexibility index (Phi) is 5.94. The first-order valence-corrected chi connectivity index (χ1v) is 8.94. The van der Waals surface area contributed by atoms with Crippen LogP contribution < -0.4 is 15.2 Å². The molecule has 0 heterocycles. The lowest BCUT2D eigenvalue weighted by atomic mass is 10.1. The highest BCUT2D eigenvalue weighted by Gasteiger charge is 2.07. The van der Waals surface area contributed by atoms with Crippen LogP contribution in [0.15, 0.2) is 53.4 Å². The van der Waals surface area contributed by atoms with Gasteiger partial charge in [-0.15, -0.1) is 0 Å². The predicted molar refractivity (Wildman–Crippen MR) is 91.2 cm³/mol. The molecule has 3 N–H and O–H groups in total. The zero-order valence-corrected chi connectivity index (χ0v) is 14.2. The number of amides is 1. The van der Waals surface area contributed by atoms with E-state index in [4.69, 9.17) is 9.88 Å². The summed E-state index contributed by atoms with van der Waals surface area (Å²) in [6.07, 6.45) is 0.885. The van der Waals surface area contributed by atoms with E-state index >= 15 is 0 Å². The number of benzene rings is 2. The summed E-state index contributed by atoms with van der Waals surface area (Å²) in [5, 5.41) is 7.89. The number of hydrogen-bond donors (Lipinski definition) is 2. The maximum absolute atomic E-state index is 11.9. The van der Waals surface area contributed by atoms with Crippen LogP contribution in [0.1, 0.15) is 11.1 Å². The molecule has 0 atom stereocenters. The average Bonchev–Trinajstić information content (AvgIpc) is 2.54. The van der Waals surface area contributed by atoms with E-state index < -0.39 is 10.0 Å². The molecule has 128 valence electrons. The number of hydrogen-bond acceptors (Lipinski definition) is 4. The molecule has 0 saturated heterocycles. The van der Waals surface area contributed by atoms with Crippen molar-refractivity contribution in [3.63, 3.8) is 0 Å². The minimum Gasteiger partial charge on any atom is -0.497 e. The van der Waals surface area contributed by atoms with Crippen molar-refractivity contribution in [2.75, 3.05) is 13.7 Å². The number of sulfonamides is 1. The molecule has 0 aliphatic carbocycles. The number of carbonyl (C=O) groups excluding carboxylic acids is 1. The Hall–Kier alpha value is -2.38. The Morgan fingerprint density at radius 3 is 2.46 bits per heavy atom. The summed E-state index contributed by atoms with van der Waals surface area (Å²) in [4.78, 5) is 12.0. The lowest BCUT2D eigenvalue weighted by molar-refractivity contribution is -0.120. The normalized spacial score (nSPS) is 11.1. The largest absolute Gasteiger partial charge is 0.497 e. The zero-order valence-electron chi connectivity index (χ0n) is 13.4. The third-order valence-electron chi connectivity index (χ3n) is 3.49. The van der Waals surface area contributed by atoms with Gasteiger partial charge in [0.15, 0.2) is 0 Å². The average molecular weight is 348 g/mol. The van der Waals surface area contributed by atoms with Crippen LogP contribution in [0.4, 0.5) is 0 Å². The summed E-state index contributed by atoms with van der Waals surface area (Å²) in [5.74, 6) is 0.639. The van der Waals surface area contributed by atoms with Crippen molar-refractivity contribution in [1.82, 2.24) is 5.32 Å². The number of methoxy groups -OCH3 is 1. The second-order valence-electron chi connectivity index (χ2n) is 5.32. The Morgan fingerprint density at radius 2 is 1.83 bits per heavy atom. The Bertz CT molecular complexity index is 802. The quantitative estimate of drug-likeness (QED) is 0.786. The first-order chi connectivity index (χ1) is 11.4. The molecule has 1 amide bonds. The number of primary sulfonamides is 1. The Labute approximate surface area is 141 Å². The molecule has 0 unspecified atom stereocenters. The van der Waals surface area contributed by atoms with Crippen LogP contribution in [0, 0.1) is 0 Å². The second-order valence-corrected chi connectivity index (χ2v) is 6.88. The van der Waals surface area contributed by atoms with Gasteiger partial charge in [0.25, 0.3) is 0 Å². The molecule has 2 rings (SSSR count). The van der Waals surface area contributed by atoms with Gasteiger partial charge >= 0.3 is 0 Å². The van der Waals surface area contributed by atoms with Gasteiger partial charge in [-0.2, -0.15) is 0 Å². The molecule has 6 nitrogen and oxygen atoms in total. The van der Waals surface area contributed by atoms with Crippen molar-refractivity contribution in [3.05, 3.63) is 59.7 Å². The highest BCUT2D eigenvalue weighted by atomic mass is 32.2. The van der Waals surface area contributed by atoms with Crippen molar-refractivity contribution < 1.29 is 17.9 Å². The predicted octanol–water partition coefficient (Wildman–Crippen LogP) is 1.24. The summed E-state index contributed by atoms with van der Waals surface area (Å²) >= 11 is 0. The van der Waals surface area contributed by atoms with Crippen molar-refractivity contribution in [2.24, 2.45) is 5.14 Å². The van der Waals surface area contributed by atoms with E-state index in [-0.39, 0.29) is 17.2 Å². The number of rotatable bonds is 7. The van der Waals surface area contributed by atoms with Gasteiger partial charge in [0, 0.05) is 6.54 Å². The summed E-state index contributed by atoms with van der Waals surface area (Å²) in [6, 6.07) is 13.7. The first-order valence-electron chi connectivity index (χ1n) is 7.40. The molecule has 0 spiro atoms. The second kappa shape index (κ2) is 7.94. The molecule has 2 aromatic rings. The van der Waals surface area contributed by atoms with E-state index in [0.29, 0.717) is 13.0 Å². The Balaban J connectivity index is 1.82. The lowest BCUT2D eigenvalue weighted by Gasteiger charge is -2.07. The molecular formula is C17H20N2O4S. The van der Waals surface area contributed by atoms with Crippen LogP contribution >= 0.6 is 0 Å². The zero-order chi connectivity index (χ0) is 17.6. The number of carbonyl (C=O) groups is 1. The van der Waals surface area contributed by atoms with Crippen molar-refractivity contribution in [3.8, 4) is 5.75 Å². The molecule has 0 aromatic heterocycles. The molecule has 0 saturated carbocycles. The van der Waals surface area contributed by atoms with Gasteiger partial charge in [-0.3, -0.25) is 4.79 Å². The fraction of sp³-hybridized carbons (Fsp3) is 0.235. The maximum atomic E-state index is 11.9. The SMILES string of the molecule is COc1cccc(CC(=O)NCCc2ccc(S(N)(=O)=O)cc2)c1. The number of ether oxygens (including phenoxy) is 1. The summed E-state index contributed by atoms with van der Waals surface area (Å²) in [5.41, 5.74) is 1.80. The molecule has 0 fully saturated rings. The van der Waals surface area contributed by atoms with Gasteiger partial charge in [0.1, 0.15) is 5.75 Å². The highest BCUT2D eigenvalue weighted by Crippen LogP contribution is 2.13. The minimum absolute atomic E-state index is 0.0771. The third kappa shape index (κ3) is 5.36. The smallest absolute Gasteiger partial charge is 0.238 e. The molecule has 7 heteroatoms. The van der Waals surface area contributed by atoms with Crippen LogP contribution in [0.3, 0.4) is 0 Å². The van der Waals surface area contributed by atoms with Gasteiger partial charge in [-0.1, -0.05) is 24.3 Å². The topological polar surface area (TPSA) is 98.5 Å². The fourth-order valence-corrected chi connectivity index (χ4v) is 2.74. The van der Waals surface area contributed by atoms with Crippen LogP contribution in [-0.4, -0.2) is 28.0 Å². The highest BCUT2D eigenvalue weighted by molar-refractivity contribution is 7.89. The summed E-state index contributed by atoms with van der Waals surface area (Å²) < 4.78 is 27.5. The van der Waals surface area contributed by atoms with E-state index in [0.717, 1.165) is 16.9 Å². The van der Waals surface area contributed by atoms with E-state index in [1.54, 1.807) is 19.2 Å². The van der Waals surface area contributed by atoms with Gasteiger partial charge in [0.2, 0.25) is 15.9 Å². The molecule has 0 aliphatic rings. The van der Waals surface area contributed by atoms with E-state index in [2.05, 4.69) is 5.32 Å². The van der Waals surface area contributed by atoms with Gasteiger partial charge in [-0.25, -0.2) is 13.6 Å². The minimum atomic E-state index is -3.67. The lowest BCUT2D eigenvalue weighted by Crippen LogP contribution is -2.27. The van der Waals surface area contributed by atoms with Gasteiger partial charge in [0.05, 0.1) is 18.4 Å². The maximum Gasteiger partial charge on any atom is 0.238 e. The van der Waals surface area contributed by atoms with E-state index in [1.807, 2.05) is 24.3 Å². The van der Waals surface area contributed by atoms with Crippen molar-refractivity contribution >= 4 is 15.9 Å². The number of nitrogens with one attached hydrogen (secondary N) is 1. The molecule has 0 radical (unpaired) electrons. The van der Waals surface area contributed by atoms with Crippen LogP contribution in [-0.2, 0) is 27.7 Å². The van der Waals surface area contributed by atoms with Gasteiger partial charge in [-0.05, 0) is 41.8 Å². The molecule has 0 bridgehead atoms. The van der Waals surface area contributed by atoms with Crippen molar-refractivity contribution in [1.29, 1.82) is 0 Å². The standard InChI is InChI=1S/C17H20N2O4S/c1-23-15-4-2-3-14(11-15)12-17(20)19-10-9-13-5-7-16(8-6-13)24(18,21)22/h2-8,11H,9-10,12H2,1H3,(H,19,20)(H2,18,21,22). The monoisotopic (exact) mass is 348 g/mol. The van der Waals surface area contributed by atoms with Gasteiger partial charge < -0.3 is 10.1 Å². The first kappa shape index (κ1) is 18.0. The van der Waals surface area contributed by atoms with E-state index in [9.17, 15) is 13.2 Å². The van der Waals surface area contributed by atoms with Crippen molar-refractivity contribution in [2.45, 2.75) is 17.7 Å². The van der Waals surface area contributed by atoms with Crippen LogP contribution in [0.2, 0.25) is 0 Å². The van der Waals surface area contributed by atoms with Crippen LogP contribution in [0.25, 0.3) is 0 Å². The number of nitrogens with two attached hydrogens (primary N) is 1. The van der Waals surface area contributed by atoms with E-state index in [1.165, 1.54) is 12.1 Å². The molecule has 2 aromatic carbocycles. The van der Waals surface area contributed by atoms with Crippen LogP contribution in [0.5, 0.6) is 5.75 Å². The Morgan fingerprint density at radius 1 is 1.12 bits per heavy atom. The summed E-state index contributed by atoms with van der Waals surface area (Å²) in [6.45, 7) is 0.470. The summed E-state index contributed by atoms with van der Waals surface area (Å²) in [7, 11) is -2.09. The molecule has 0 aliphatic heterocycles.